The van der Waals surface area contributed by atoms with Gasteiger partial charge in [0.2, 0.25) is 46.8 Å². The zero-order valence-corrected chi connectivity index (χ0v) is 36.4. The quantitative estimate of drug-likeness (QED) is 0.0987. The van der Waals surface area contributed by atoms with E-state index in [9.17, 15) is 47.9 Å². The fourth-order valence-corrected chi connectivity index (χ4v) is 8.43. The predicted molar refractivity (Wildman–Crippen MR) is 233 cm³/mol. The Morgan fingerprint density at radius 2 is 1.03 bits per heavy atom. The lowest BCUT2D eigenvalue weighted by Gasteiger charge is -2.29. The van der Waals surface area contributed by atoms with Gasteiger partial charge in [-0.15, -0.1) is 0 Å². The van der Waals surface area contributed by atoms with E-state index in [0.717, 1.165) is 22.3 Å². The van der Waals surface area contributed by atoms with E-state index in [4.69, 9.17) is 14.2 Å². The zero-order chi connectivity index (χ0) is 47.2. The number of methoxy groups -OCH3 is 3. The first-order valence-electron chi connectivity index (χ1n) is 21.2. The Morgan fingerprint density at radius 1 is 0.576 bits per heavy atom. The van der Waals surface area contributed by atoms with Gasteiger partial charge in [0.15, 0.2) is 0 Å². The Kier molecular flexibility index (Phi) is 13.9. The molecule has 8 rings (SSSR count). The van der Waals surface area contributed by atoms with Gasteiger partial charge in [0.05, 0.1) is 21.3 Å². The number of nitrogens with zero attached hydrogens (tertiary/aromatic N) is 2. The molecular formula is C49H46N4O13. The van der Waals surface area contributed by atoms with Gasteiger partial charge < -0.3 is 24.0 Å². The summed E-state index contributed by atoms with van der Waals surface area (Å²) in [6, 6.07) is 20.6. The number of piperidine rings is 2. The largest absolute Gasteiger partial charge is 0.496 e. The summed E-state index contributed by atoms with van der Waals surface area (Å²) in [6.45, 7) is 0.520. The number of hydrogen-bond acceptors (Lipinski definition) is 13. The Balaban J connectivity index is 0.000000199. The van der Waals surface area contributed by atoms with Crippen LogP contribution in [0.1, 0.15) is 102 Å². The molecule has 2 fully saturated rings. The molecule has 2 N–H and O–H groups in total. The van der Waals surface area contributed by atoms with Gasteiger partial charge in [0.25, 0.3) is 11.8 Å². The summed E-state index contributed by atoms with van der Waals surface area (Å²) in [5, 5.41) is 4.56. The van der Waals surface area contributed by atoms with E-state index in [1.54, 1.807) is 54.6 Å². The second kappa shape index (κ2) is 19.9. The maximum atomic E-state index is 13.0. The highest BCUT2D eigenvalue weighted by atomic mass is 16.5. The molecular weight excluding hydrogens is 853 g/mol. The number of amides is 6. The first kappa shape index (κ1) is 46.2. The van der Waals surface area contributed by atoms with Crippen LogP contribution >= 0.6 is 0 Å². The van der Waals surface area contributed by atoms with Crippen LogP contribution in [-0.2, 0) is 54.7 Å². The molecule has 0 aliphatic carbocycles. The maximum absolute atomic E-state index is 13.0. The molecule has 4 aliphatic heterocycles. The fourth-order valence-electron chi connectivity index (χ4n) is 8.43. The number of hydrogen-bond donors (Lipinski definition) is 2. The molecule has 4 heterocycles. The molecule has 17 nitrogen and oxygen atoms in total. The van der Waals surface area contributed by atoms with Crippen molar-refractivity contribution in [3.8, 4) is 17.2 Å². The fraction of sp³-hybridized carbons (Fsp3) is 0.306. The van der Waals surface area contributed by atoms with E-state index in [-0.39, 0.29) is 92.3 Å². The van der Waals surface area contributed by atoms with Crippen molar-refractivity contribution in [1.82, 2.24) is 20.4 Å². The third kappa shape index (κ3) is 9.79. The van der Waals surface area contributed by atoms with Gasteiger partial charge in [-0.25, -0.2) is 0 Å². The Labute approximate surface area is 378 Å². The lowest BCUT2D eigenvalue weighted by Crippen LogP contribution is -2.52. The highest BCUT2D eigenvalue weighted by Gasteiger charge is 2.40. The molecule has 0 aromatic heterocycles. The van der Waals surface area contributed by atoms with Gasteiger partial charge in [-0.05, 0) is 60.1 Å². The number of Topliss-reactive ketones (excluding diaryl/α,β-unsaturated/α-hetero) is 4. The van der Waals surface area contributed by atoms with E-state index in [2.05, 4.69) is 10.6 Å². The van der Waals surface area contributed by atoms with Gasteiger partial charge in [-0.1, -0.05) is 54.6 Å². The van der Waals surface area contributed by atoms with Crippen LogP contribution in [0.3, 0.4) is 0 Å². The first-order chi connectivity index (χ1) is 31.7. The Morgan fingerprint density at radius 3 is 1.45 bits per heavy atom. The number of aryl methyl sites for hydroxylation is 2. The molecule has 2 saturated heterocycles. The maximum Gasteiger partial charge on any atom is 0.255 e. The number of carbonyl (C=O) groups excluding carboxylic acids is 10. The molecule has 0 bridgehead atoms. The normalized spacial score (nSPS) is 17.5. The average Bonchev–Trinajstić information content (AvgIpc) is 3.83. The van der Waals surface area contributed by atoms with Gasteiger partial charge in [0.1, 0.15) is 34.9 Å². The smallest absolute Gasteiger partial charge is 0.255 e. The molecule has 17 heteroatoms. The third-order valence-corrected chi connectivity index (χ3v) is 11.9. The number of carbonyl (C=O) groups is 10. The average molecular weight is 899 g/mol. The second-order valence-corrected chi connectivity index (χ2v) is 16.1. The number of ketones is 4. The van der Waals surface area contributed by atoms with Crippen LogP contribution in [0.5, 0.6) is 17.2 Å². The van der Waals surface area contributed by atoms with Crippen molar-refractivity contribution < 1.29 is 62.2 Å². The minimum absolute atomic E-state index is 0.0326. The molecule has 4 aromatic rings. The van der Waals surface area contributed by atoms with E-state index in [1.165, 1.54) is 43.3 Å². The molecule has 4 aromatic carbocycles. The summed E-state index contributed by atoms with van der Waals surface area (Å²) >= 11 is 0. The first-order valence-corrected chi connectivity index (χ1v) is 21.2. The zero-order valence-electron chi connectivity index (χ0n) is 36.4. The predicted octanol–water partition coefficient (Wildman–Crippen LogP) is 3.69. The summed E-state index contributed by atoms with van der Waals surface area (Å²) in [5.41, 5.74) is 4.56. The van der Waals surface area contributed by atoms with E-state index >= 15 is 0 Å². The van der Waals surface area contributed by atoms with Crippen molar-refractivity contribution >= 4 is 58.6 Å². The second-order valence-electron chi connectivity index (χ2n) is 16.1. The van der Waals surface area contributed by atoms with E-state index < -0.39 is 47.0 Å². The molecule has 6 amide bonds. The number of ether oxygens (including phenoxy) is 3. The number of benzene rings is 4. The van der Waals surface area contributed by atoms with Crippen LogP contribution in [0.2, 0.25) is 0 Å². The Hall–Kier alpha value is -7.82. The SMILES string of the molecule is COc1cc(OC)c(C(=O)C(=O)CCc2ccc3c(c2)CN(C2CCC(=O)NC2=O)C3=O)c(OC)c1.O=C1CCC(N2Cc3cc(CCC(=O)C(=O)c4ccccc4)ccc3C2=O)C(=O)N1. The van der Waals surface area contributed by atoms with Crippen LogP contribution in [0.15, 0.2) is 78.9 Å². The standard InChI is InChI=1S/C26H26N2O8.C23H20N2O5/c1-34-16-11-20(35-2)23(21(12-16)36-3)24(31)19(29)8-5-14-4-6-17-15(10-14)13-28(26(17)33)18-7-9-22(30)27-25(18)32;26-19(21(28)15-4-2-1-3-5-15)10-7-14-6-8-17-16(12-14)13-25(23(17)30)18-9-11-20(27)24-22(18)29/h4,6,10-12,18H,5,7-9,13H2,1-3H3,(H,27,30,32);1-6,8,12,18H,7,9-11,13H2,(H,24,27,29). The molecule has 66 heavy (non-hydrogen) atoms. The van der Waals surface area contributed by atoms with E-state index in [1.807, 2.05) is 12.1 Å². The molecule has 2 unspecified atom stereocenters. The van der Waals surface area contributed by atoms with Gasteiger partial charge in [-0.2, -0.15) is 0 Å². The van der Waals surface area contributed by atoms with Crippen molar-refractivity contribution in [1.29, 1.82) is 0 Å². The van der Waals surface area contributed by atoms with Crippen molar-refractivity contribution in [2.24, 2.45) is 0 Å². The summed E-state index contributed by atoms with van der Waals surface area (Å²) in [5.74, 6) is -3.61. The van der Waals surface area contributed by atoms with Crippen LogP contribution in [-0.4, -0.2) is 102 Å². The van der Waals surface area contributed by atoms with Crippen molar-refractivity contribution in [2.45, 2.75) is 76.5 Å². The van der Waals surface area contributed by atoms with Gasteiger partial charge in [-0.3, -0.25) is 58.6 Å². The summed E-state index contributed by atoms with van der Waals surface area (Å²) in [4.78, 5) is 126. The van der Waals surface area contributed by atoms with Crippen LogP contribution in [0.4, 0.5) is 0 Å². The van der Waals surface area contributed by atoms with Gasteiger partial charge >= 0.3 is 0 Å². The molecule has 0 radical (unpaired) electrons. The van der Waals surface area contributed by atoms with Crippen LogP contribution < -0.4 is 24.8 Å². The molecule has 340 valence electrons. The van der Waals surface area contributed by atoms with Gasteiger partial charge in [0, 0.05) is 67.6 Å². The minimum Gasteiger partial charge on any atom is -0.496 e. The lowest BCUT2D eigenvalue weighted by atomic mass is 9.98. The number of rotatable bonds is 15. The van der Waals surface area contributed by atoms with Crippen LogP contribution in [0.25, 0.3) is 0 Å². The lowest BCUT2D eigenvalue weighted by molar-refractivity contribution is -0.138. The summed E-state index contributed by atoms with van der Waals surface area (Å²) < 4.78 is 15.7. The third-order valence-electron chi connectivity index (χ3n) is 11.9. The van der Waals surface area contributed by atoms with Crippen LogP contribution in [0, 0.1) is 0 Å². The van der Waals surface area contributed by atoms with E-state index in [0.29, 0.717) is 35.3 Å². The minimum atomic E-state index is -0.730. The highest BCUT2D eigenvalue weighted by Crippen LogP contribution is 2.35. The Bertz CT molecular complexity index is 2670. The topological polar surface area (TPSA) is 229 Å². The molecule has 4 aliphatic rings. The number of nitrogens with one attached hydrogen (secondary N) is 2. The number of imide groups is 2. The molecule has 0 spiro atoms. The monoisotopic (exact) mass is 898 g/mol. The van der Waals surface area contributed by atoms with Crippen molar-refractivity contribution in [3.05, 3.63) is 123 Å². The molecule has 2 atom stereocenters. The van der Waals surface area contributed by atoms with Crippen molar-refractivity contribution in [3.63, 3.8) is 0 Å². The number of fused-ring (bicyclic) bond motifs is 2. The van der Waals surface area contributed by atoms with Crippen molar-refractivity contribution in [2.75, 3.05) is 21.3 Å². The molecule has 0 saturated carbocycles. The summed E-state index contributed by atoms with van der Waals surface area (Å²) in [7, 11) is 4.24. The summed E-state index contributed by atoms with van der Waals surface area (Å²) in [6.07, 6.45) is 1.68. The highest BCUT2D eigenvalue weighted by molar-refractivity contribution is 6.45.